The molecule has 2 aliphatic rings. The van der Waals surface area contributed by atoms with E-state index in [-0.39, 0.29) is 33.0 Å². The fourth-order valence-corrected chi connectivity index (χ4v) is 12.8. The molecule has 0 aliphatic heterocycles. The third-order valence-electron chi connectivity index (χ3n) is 15.7. The summed E-state index contributed by atoms with van der Waals surface area (Å²) in [5, 5.41) is 10.1. The molecule has 0 atom stereocenters. The summed E-state index contributed by atoms with van der Waals surface area (Å²) in [6, 6.07) is 56.9. The second-order valence-corrected chi connectivity index (χ2v) is 19.4. The maximum absolute atomic E-state index is 16.6. The Balaban J connectivity index is 1.08. The normalized spacial score (nSPS) is 12.9. The monoisotopic (exact) mass is 976 g/mol. The zero-order chi connectivity index (χ0) is 50.1. The first kappa shape index (κ1) is 42.8. The molecule has 0 saturated heterocycles. The van der Waals surface area contributed by atoms with Gasteiger partial charge in [-0.05, 0) is 168 Å². The second-order valence-electron chi connectivity index (χ2n) is 19.4. The van der Waals surface area contributed by atoms with Gasteiger partial charge in [0.2, 0.25) is 0 Å². The van der Waals surface area contributed by atoms with Gasteiger partial charge in [-0.3, -0.25) is 0 Å². The highest BCUT2D eigenvalue weighted by molar-refractivity contribution is 6.42. The molecule has 0 saturated carbocycles. The van der Waals surface area contributed by atoms with Crippen molar-refractivity contribution < 1.29 is 35.1 Å². The van der Waals surface area contributed by atoms with Crippen LogP contribution in [0.15, 0.2) is 194 Å². The number of alkyl halides is 6. The van der Waals surface area contributed by atoms with E-state index >= 15 is 8.78 Å². The predicted molar refractivity (Wildman–Crippen MR) is 283 cm³/mol. The van der Waals surface area contributed by atoms with Gasteiger partial charge >= 0.3 is 12.4 Å². The lowest BCUT2D eigenvalue weighted by Gasteiger charge is -2.22. The summed E-state index contributed by atoms with van der Waals surface area (Å²) in [6.07, 6.45) is -9.66. The quantitative estimate of drug-likeness (QED) is 0.0937. The zero-order valence-electron chi connectivity index (χ0n) is 38.5. The Kier molecular flexibility index (Phi) is 8.59. The highest BCUT2D eigenvalue weighted by Gasteiger charge is 2.38. The van der Waals surface area contributed by atoms with Crippen molar-refractivity contribution in [2.45, 2.75) is 12.4 Å². The molecule has 352 valence electrons. The maximum Gasteiger partial charge on any atom is 0.416 e. The highest BCUT2D eigenvalue weighted by atomic mass is 19.4. The van der Waals surface area contributed by atoms with Crippen molar-refractivity contribution in [2.24, 2.45) is 0 Å². The minimum Gasteiger partial charge on any atom is -0.206 e. The van der Waals surface area contributed by atoms with Gasteiger partial charge < -0.3 is 0 Å². The molecule has 0 fully saturated rings. The van der Waals surface area contributed by atoms with E-state index in [4.69, 9.17) is 0 Å². The van der Waals surface area contributed by atoms with E-state index < -0.39 is 35.1 Å². The van der Waals surface area contributed by atoms with Crippen molar-refractivity contribution >= 4 is 64.6 Å². The fourth-order valence-electron chi connectivity index (χ4n) is 12.8. The Labute approximate surface area is 416 Å². The van der Waals surface area contributed by atoms with Crippen LogP contribution >= 0.6 is 0 Å². The number of benzene rings is 13. The van der Waals surface area contributed by atoms with Crippen LogP contribution in [0.4, 0.5) is 35.1 Å². The number of hydrogen-bond acceptors (Lipinski definition) is 0. The molecule has 13 aromatic rings. The summed E-state index contributed by atoms with van der Waals surface area (Å²) in [5.41, 5.74) is 8.00. The lowest BCUT2D eigenvalue weighted by atomic mass is 9.82. The van der Waals surface area contributed by atoms with Crippen LogP contribution in [-0.4, -0.2) is 0 Å². The van der Waals surface area contributed by atoms with Crippen LogP contribution in [0.25, 0.3) is 154 Å². The first-order valence-corrected chi connectivity index (χ1v) is 24.1. The topological polar surface area (TPSA) is 0 Å². The van der Waals surface area contributed by atoms with Crippen LogP contribution in [0.2, 0.25) is 0 Å². The van der Waals surface area contributed by atoms with Gasteiger partial charge in [-0.15, -0.1) is 0 Å². The molecule has 8 heteroatoms. The van der Waals surface area contributed by atoms with E-state index in [0.29, 0.717) is 39.8 Å². The predicted octanol–water partition coefficient (Wildman–Crippen LogP) is 20.3. The standard InChI is InChI=1S/C66H32F8/c67-51-29-19-35(65(69,70)71)31-49(51)57-39-17-9-10-18-40(39)58(50-32-36(66(72,73)74)20-30-52(50)68)64-48-28-24-44-42-22-26-46-59-45(25-21-41(55(42)59)43-23-27-47(63(57)64)60(48)56(43)44)61-53(33-11-3-1-4-12-33)37-15-7-8-16-38(37)54(62(46)61)34-13-5-2-6-14-34/h1-32H. The molecule has 0 spiro atoms. The Morgan fingerprint density at radius 1 is 0.230 bits per heavy atom. The van der Waals surface area contributed by atoms with E-state index in [9.17, 15) is 26.3 Å². The maximum atomic E-state index is 16.6. The van der Waals surface area contributed by atoms with Crippen LogP contribution in [-0.2, 0) is 12.4 Å². The Morgan fingerprint density at radius 2 is 0.527 bits per heavy atom. The molecule has 0 N–H and O–H groups in total. The lowest BCUT2D eigenvalue weighted by molar-refractivity contribution is -0.138. The summed E-state index contributed by atoms with van der Waals surface area (Å²) < 4.78 is 120. The van der Waals surface area contributed by atoms with Gasteiger partial charge in [-0.2, -0.15) is 26.3 Å². The molecule has 0 radical (unpaired) electrons. The Hall–Kier alpha value is -8.88. The Bertz CT molecular complexity index is 4340. The van der Waals surface area contributed by atoms with Crippen molar-refractivity contribution in [1.29, 1.82) is 0 Å². The summed E-state index contributed by atoms with van der Waals surface area (Å²) in [4.78, 5) is 0. The molecule has 0 aromatic heterocycles. The molecule has 15 rings (SSSR count). The smallest absolute Gasteiger partial charge is 0.206 e. The second kappa shape index (κ2) is 14.9. The molecule has 74 heavy (non-hydrogen) atoms. The molecule has 0 nitrogen and oxygen atoms in total. The van der Waals surface area contributed by atoms with E-state index in [1.807, 2.05) is 36.4 Å². The van der Waals surface area contributed by atoms with Crippen LogP contribution in [0, 0.1) is 11.6 Å². The van der Waals surface area contributed by atoms with Crippen LogP contribution in [0.1, 0.15) is 11.1 Å². The summed E-state index contributed by atoms with van der Waals surface area (Å²) in [6.45, 7) is 0. The largest absolute Gasteiger partial charge is 0.416 e. The third kappa shape index (κ3) is 5.68. The Morgan fingerprint density at radius 3 is 0.851 bits per heavy atom. The van der Waals surface area contributed by atoms with E-state index in [1.165, 1.54) is 0 Å². The van der Waals surface area contributed by atoms with Gasteiger partial charge in [0.1, 0.15) is 11.6 Å². The minimum atomic E-state index is -4.83. The molecular formula is C66H32F8. The van der Waals surface area contributed by atoms with Gasteiger partial charge in [-0.1, -0.05) is 158 Å². The van der Waals surface area contributed by atoms with Crippen molar-refractivity contribution in [2.75, 3.05) is 0 Å². The molecule has 2 aliphatic carbocycles. The highest BCUT2D eigenvalue weighted by Crippen LogP contribution is 2.63. The average molecular weight is 977 g/mol. The summed E-state index contributed by atoms with van der Waals surface area (Å²) in [7, 11) is 0. The molecular weight excluding hydrogens is 945 g/mol. The van der Waals surface area contributed by atoms with Gasteiger partial charge in [0.25, 0.3) is 0 Å². The van der Waals surface area contributed by atoms with Crippen LogP contribution in [0.3, 0.4) is 0 Å². The number of fused-ring (bicyclic) bond motifs is 10. The first-order valence-electron chi connectivity index (χ1n) is 24.1. The SMILES string of the molecule is Fc1ccc(C(F)(F)F)cc1-c1c2c(c(-c3cc(C(F)(F)F)ccc3F)c3ccccc13)-c1ccc3c4ccc5c6c(ccc(c7ccc-2c1c73)c64)-c1c-5c(-c2ccccc2)c2ccccc2c1-c1ccccc1. The lowest BCUT2D eigenvalue weighted by Crippen LogP contribution is -2.06. The number of hydrogen-bond donors (Lipinski definition) is 0. The van der Waals surface area contributed by atoms with Crippen molar-refractivity contribution in [3.05, 3.63) is 217 Å². The summed E-state index contributed by atoms with van der Waals surface area (Å²) in [5.74, 6) is -1.85. The molecule has 0 heterocycles. The fraction of sp³-hybridized carbons (Fsp3) is 0.0303. The van der Waals surface area contributed by atoms with E-state index in [0.717, 1.165) is 117 Å². The first-order chi connectivity index (χ1) is 35.9. The molecule has 0 bridgehead atoms. The van der Waals surface area contributed by atoms with Gasteiger partial charge in [0.05, 0.1) is 11.1 Å². The minimum absolute atomic E-state index is 0.121. The van der Waals surface area contributed by atoms with E-state index in [2.05, 4.69) is 97.1 Å². The average Bonchev–Trinajstić information content (AvgIpc) is 3.92. The van der Waals surface area contributed by atoms with E-state index in [1.54, 1.807) is 24.3 Å². The van der Waals surface area contributed by atoms with Gasteiger partial charge in [0, 0.05) is 22.3 Å². The van der Waals surface area contributed by atoms with Crippen molar-refractivity contribution in [3.63, 3.8) is 0 Å². The van der Waals surface area contributed by atoms with Crippen molar-refractivity contribution in [3.8, 4) is 89.0 Å². The van der Waals surface area contributed by atoms with Crippen LogP contribution in [0.5, 0.6) is 0 Å². The number of halogens is 8. The van der Waals surface area contributed by atoms with Gasteiger partial charge in [0.15, 0.2) is 0 Å². The molecule has 13 aromatic carbocycles. The van der Waals surface area contributed by atoms with Crippen LogP contribution < -0.4 is 0 Å². The van der Waals surface area contributed by atoms with Crippen molar-refractivity contribution in [1.82, 2.24) is 0 Å². The number of rotatable bonds is 4. The summed E-state index contributed by atoms with van der Waals surface area (Å²) >= 11 is 0. The molecule has 0 amide bonds. The zero-order valence-corrected chi connectivity index (χ0v) is 38.5. The molecule has 0 unspecified atom stereocenters. The third-order valence-corrected chi connectivity index (χ3v) is 15.7. The van der Waals surface area contributed by atoms with Gasteiger partial charge in [-0.25, -0.2) is 8.78 Å².